The zero-order valence-electron chi connectivity index (χ0n) is 7.23. The molecule has 0 aliphatic carbocycles. The summed E-state index contributed by atoms with van der Waals surface area (Å²) in [4.78, 5) is 7.85. The molecule has 0 atom stereocenters. The molecule has 0 aromatic carbocycles. The minimum atomic E-state index is 0.181. The van der Waals surface area contributed by atoms with Crippen LogP contribution in [0.25, 0.3) is 5.65 Å². The predicted octanol–water partition coefficient (Wildman–Crippen LogP) is -0.149. The quantitative estimate of drug-likeness (QED) is 0.633. The van der Waals surface area contributed by atoms with Crippen LogP contribution < -0.4 is 11.5 Å². The molecule has 0 amide bonds. The van der Waals surface area contributed by atoms with Gasteiger partial charge in [0.1, 0.15) is 0 Å². The summed E-state index contributed by atoms with van der Waals surface area (Å²) in [5, 5.41) is 4.04. The molecular formula is C7H10N6. The number of nitrogen functional groups attached to an aromatic ring is 2. The van der Waals surface area contributed by atoms with Gasteiger partial charge in [0, 0.05) is 5.56 Å². The molecule has 4 N–H and O–H groups in total. The first kappa shape index (κ1) is 7.78. The molecule has 13 heavy (non-hydrogen) atoms. The van der Waals surface area contributed by atoms with Gasteiger partial charge in [0.05, 0.1) is 6.20 Å². The third-order valence-electron chi connectivity index (χ3n) is 1.86. The standard InChI is InChI=1S/C7H10N6/c1-2-4-3-10-13-5(4)11-6(8)12-7(13)9/h3H,2H2,1H3,(H4,8,9,11,12). The molecule has 2 aromatic heterocycles. The van der Waals surface area contributed by atoms with Crippen molar-refractivity contribution in [2.24, 2.45) is 0 Å². The SMILES string of the molecule is CCc1cnn2c(N)nc(N)nc12. The smallest absolute Gasteiger partial charge is 0.226 e. The van der Waals surface area contributed by atoms with Crippen LogP contribution in [0.4, 0.5) is 11.9 Å². The van der Waals surface area contributed by atoms with Gasteiger partial charge in [0.25, 0.3) is 0 Å². The van der Waals surface area contributed by atoms with E-state index >= 15 is 0 Å². The summed E-state index contributed by atoms with van der Waals surface area (Å²) in [6, 6.07) is 0. The maximum atomic E-state index is 5.59. The first-order valence-electron chi connectivity index (χ1n) is 3.98. The number of fused-ring (bicyclic) bond motifs is 1. The van der Waals surface area contributed by atoms with Crippen molar-refractivity contribution in [2.75, 3.05) is 11.5 Å². The number of nitrogens with two attached hydrogens (primary N) is 2. The average molecular weight is 178 g/mol. The van der Waals surface area contributed by atoms with Crippen molar-refractivity contribution in [1.82, 2.24) is 19.6 Å². The van der Waals surface area contributed by atoms with E-state index in [1.807, 2.05) is 6.92 Å². The number of anilines is 2. The van der Waals surface area contributed by atoms with E-state index in [1.165, 1.54) is 4.52 Å². The Balaban J connectivity index is 2.82. The lowest BCUT2D eigenvalue weighted by atomic mass is 10.3. The number of aryl methyl sites for hydroxylation is 1. The van der Waals surface area contributed by atoms with Crippen molar-refractivity contribution >= 4 is 17.5 Å². The van der Waals surface area contributed by atoms with Crippen LogP contribution in [0.2, 0.25) is 0 Å². The summed E-state index contributed by atoms with van der Waals surface area (Å²) < 4.78 is 1.48. The maximum Gasteiger partial charge on any atom is 0.226 e. The summed E-state index contributed by atoms with van der Waals surface area (Å²) in [6.07, 6.45) is 2.57. The molecule has 6 heteroatoms. The van der Waals surface area contributed by atoms with E-state index in [1.54, 1.807) is 6.20 Å². The van der Waals surface area contributed by atoms with Gasteiger partial charge < -0.3 is 11.5 Å². The molecule has 0 saturated heterocycles. The zero-order valence-corrected chi connectivity index (χ0v) is 7.23. The fraction of sp³-hybridized carbons (Fsp3) is 0.286. The lowest BCUT2D eigenvalue weighted by Gasteiger charge is -1.99. The van der Waals surface area contributed by atoms with Crippen LogP contribution >= 0.6 is 0 Å². The molecule has 0 unspecified atom stereocenters. The van der Waals surface area contributed by atoms with Gasteiger partial charge in [-0.25, -0.2) is 0 Å². The van der Waals surface area contributed by atoms with Crippen LogP contribution in [0.15, 0.2) is 6.20 Å². The molecule has 0 bridgehead atoms. The number of nitrogens with zero attached hydrogens (tertiary/aromatic N) is 4. The van der Waals surface area contributed by atoms with Crippen molar-refractivity contribution in [1.29, 1.82) is 0 Å². The van der Waals surface area contributed by atoms with Gasteiger partial charge in [-0.1, -0.05) is 6.92 Å². The lowest BCUT2D eigenvalue weighted by Crippen LogP contribution is -2.07. The number of hydrogen-bond donors (Lipinski definition) is 2. The minimum absolute atomic E-state index is 0.181. The predicted molar refractivity (Wildman–Crippen MR) is 49.0 cm³/mol. The van der Waals surface area contributed by atoms with Crippen molar-refractivity contribution in [3.05, 3.63) is 11.8 Å². The number of rotatable bonds is 1. The fourth-order valence-electron chi connectivity index (χ4n) is 1.21. The molecule has 0 saturated carbocycles. The van der Waals surface area contributed by atoms with Crippen molar-refractivity contribution in [3.8, 4) is 0 Å². The van der Waals surface area contributed by atoms with Gasteiger partial charge in [-0.3, -0.25) is 0 Å². The Kier molecular flexibility index (Phi) is 1.54. The second-order valence-corrected chi connectivity index (χ2v) is 2.70. The van der Waals surface area contributed by atoms with Gasteiger partial charge in [-0.2, -0.15) is 19.6 Å². The molecule has 6 nitrogen and oxygen atoms in total. The van der Waals surface area contributed by atoms with Crippen LogP contribution in [0.1, 0.15) is 12.5 Å². The van der Waals surface area contributed by atoms with Gasteiger partial charge in [-0.15, -0.1) is 0 Å². The molecule has 2 heterocycles. The van der Waals surface area contributed by atoms with Crippen molar-refractivity contribution in [3.63, 3.8) is 0 Å². The highest BCUT2D eigenvalue weighted by Crippen LogP contribution is 2.11. The van der Waals surface area contributed by atoms with E-state index in [-0.39, 0.29) is 11.9 Å². The Morgan fingerprint density at radius 2 is 2.15 bits per heavy atom. The van der Waals surface area contributed by atoms with Crippen molar-refractivity contribution < 1.29 is 0 Å². The van der Waals surface area contributed by atoms with E-state index in [2.05, 4.69) is 15.1 Å². The third-order valence-corrected chi connectivity index (χ3v) is 1.86. The molecular weight excluding hydrogens is 168 g/mol. The Hall–Kier alpha value is -1.85. The molecule has 0 fully saturated rings. The largest absolute Gasteiger partial charge is 0.368 e. The fourth-order valence-corrected chi connectivity index (χ4v) is 1.21. The van der Waals surface area contributed by atoms with E-state index in [0.717, 1.165) is 12.0 Å². The normalized spacial score (nSPS) is 10.8. The highest BCUT2D eigenvalue weighted by Gasteiger charge is 2.07. The van der Waals surface area contributed by atoms with Gasteiger partial charge in [0.15, 0.2) is 5.65 Å². The highest BCUT2D eigenvalue weighted by molar-refractivity contribution is 5.52. The monoisotopic (exact) mass is 178 g/mol. The Labute approximate surface area is 74.6 Å². The summed E-state index contributed by atoms with van der Waals surface area (Å²) in [5.74, 6) is 0.447. The topological polar surface area (TPSA) is 95.1 Å². The van der Waals surface area contributed by atoms with E-state index < -0.39 is 0 Å². The Bertz CT molecular complexity index is 445. The van der Waals surface area contributed by atoms with Gasteiger partial charge in [0.2, 0.25) is 11.9 Å². The van der Waals surface area contributed by atoms with E-state index in [9.17, 15) is 0 Å². The molecule has 2 rings (SSSR count). The second-order valence-electron chi connectivity index (χ2n) is 2.70. The Morgan fingerprint density at radius 3 is 2.85 bits per heavy atom. The lowest BCUT2D eigenvalue weighted by molar-refractivity contribution is 0.914. The van der Waals surface area contributed by atoms with Gasteiger partial charge in [-0.05, 0) is 6.42 Å². The summed E-state index contributed by atoms with van der Waals surface area (Å²) in [7, 11) is 0. The van der Waals surface area contributed by atoms with E-state index in [0.29, 0.717) is 5.65 Å². The van der Waals surface area contributed by atoms with Crippen LogP contribution in [-0.2, 0) is 6.42 Å². The minimum Gasteiger partial charge on any atom is -0.368 e. The molecule has 0 spiro atoms. The zero-order chi connectivity index (χ0) is 9.42. The van der Waals surface area contributed by atoms with Gasteiger partial charge >= 0.3 is 0 Å². The molecule has 2 aromatic rings. The Morgan fingerprint density at radius 1 is 1.38 bits per heavy atom. The van der Waals surface area contributed by atoms with Crippen LogP contribution in [0.3, 0.4) is 0 Å². The molecule has 0 radical (unpaired) electrons. The third kappa shape index (κ3) is 1.07. The molecule has 68 valence electrons. The van der Waals surface area contributed by atoms with Crippen LogP contribution in [0, 0.1) is 0 Å². The summed E-state index contributed by atoms with van der Waals surface area (Å²) in [6.45, 7) is 2.02. The number of aromatic nitrogens is 4. The second kappa shape index (κ2) is 2.58. The van der Waals surface area contributed by atoms with E-state index in [4.69, 9.17) is 11.5 Å². The summed E-state index contributed by atoms with van der Waals surface area (Å²) >= 11 is 0. The molecule has 0 aliphatic heterocycles. The summed E-state index contributed by atoms with van der Waals surface area (Å²) in [5.41, 5.74) is 12.8. The van der Waals surface area contributed by atoms with Crippen LogP contribution in [-0.4, -0.2) is 19.6 Å². The van der Waals surface area contributed by atoms with Crippen LogP contribution in [0.5, 0.6) is 0 Å². The average Bonchev–Trinajstić information content (AvgIpc) is 2.47. The molecule has 0 aliphatic rings. The number of hydrogen-bond acceptors (Lipinski definition) is 5. The van der Waals surface area contributed by atoms with Crippen molar-refractivity contribution in [2.45, 2.75) is 13.3 Å². The first-order valence-corrected chi connectivity index (χ1v) is 3.98. The maximum absolute atomic E-state index is 5.59. The highest BCUT2D eigenvalue weighted by atomic mass is 15.3. The first-order chi connectivity index (χ1) is 6.22.